The monoisotopic (exact) mass is 788 g/mol. The van der Waals surface area contributed by atoms with Crippen LogP contribution in [0.4, 0.5) is 17.3 Å². The highest BCUT2D eigenvalue weighted by Crippen LogP contribution is 2.60. The van der Waals surface area contributed by atoms with E-state index >= 15 is 0 Å². The van der Waals surface area contributed by atoms with Gasteiger partial charge in [-0.3, -0.25) is 18.8 Å². The molecule has 5 heterocycles. The highest BCUT2D eigenvalue weighted by Gasteiger charge is 2.49. The first-order valence-electron chi connectivity index (χ1n) is 15.7. The van der Waals surface area contributed by atoms with Gasteiger partial charge in [0.15, 0.2) is 23.4 Å². The molecule has 0 radical (unpaired) electrons. The second-order valence-corrected chi connectivity index (χ2v) is 15.3. The minimum Gasteiger partial charge on any atom is -0.388 e. The first-order valence-corrected chi connectivity index (χ1v) is 18.6. The number of nitrogen functional groups attached to an aromatic ring is 1. The number of anilines is 3. The van der Waals surface area contributed by atoms with E-state index in [1.54, 1.807) is 26.0 Å². The van der Waals surface area contributed by atoms with Crippen molar-refractivity contribution in [3.05, 3.63) is 50.4 Å². The number of ether oxygens (including phenoxy) is 1. The Morgan fingerprint density at radius 3 is 2.47 bits per heavy atom. The Balaban J connectivity index is 1.06. The van der Waals surface area contributed by atoms with Crippen LogP contribution in [-0.2, 0) is 33.8 Å². The van der Waals surface area contributed by atoms with Gasteiger partial charge in [0.25, 0.3) is 5.56 Å². The average molecular weight is 789 g/mol. The van der Waals surface area contributed by atoms with E-state index in [0.29, 0.717) is 16.7 Å². The molecule has 24 nitrogen and oxygen atoms in total. The Labute approximate surface area is 296 Å². The van der Waals surface area contributed by atoms with Crippen molar-refractivity contribution in [2.24, 2.45) is 0 Å². The number of nitrogens with one attached hydrogen (secondary N) is 3. The van der Waals surface area contributed by atoms with Gasteiger partial charge in [0.2, 0.25) is 5.52 Å². The molecule has 2 aliphatic heterocycles. The lowest BCUT2D eigenvalue weighted by atomic mass is 10.1. The van der Waals surface area contributed by atoms with E-state index in [1.165, 1.54) is 15.8 Å². The Kier molecular flexibility index (Phi) is 10.7. The smallest absolute Gasteiger partial charge is 0.388 e. The van der Waals surface area contributed by atoms with Crippen LogP contribution in [-0.4, -0.2) is 123 Å². The van der Waals surface area contributed by atoms with Crippen LogP contribution < -0.4 is 31.8 Å². The van der Waals surface area contributed by atoms with E-state index in [1.807, 2.05) is 0 Å². The number of phosphoric acid groups is 2. The Hall–Kier alpha value is -4.00. The number of nitrogens with zero attached hydrogens (tertiary/aromatic N) is 5. The van der Waals surface area contributed by atoms with Gasteiger partial charge in [-0.05, 0) is 37.1 Å². The van der Waals surface area contributed by atoms with Crippen LogP contribution in [0.15, 0.2) is 28.0 Å². The molecular formula is C27H36N9O15P2+. The Morgan fingerprint density at radius 2 is 1.74 bits per heavy atom. The van der Waals surface area contributed by atoms with E-state index in [2.05, 4.69) is 39.1 Å². The van der Waals surface area contributed by atoms with Crippen LogP contribution in [0, 0.1) is 13.8 Å². The molecule has 0 aliphatic carbocycles. The summed E-state index contributed by atoms with van der Waals surface area (Å²) in [5, 5.41) is 56.1. The summed E-state index contributed by atoms with van der Waals surface area (Å²) in [6.07, 6.45) is -10.8. The zero-order valence-corrected chi connectivity index (χ0v) is 29.5. The summed E-state index contributed by atoms with van der Waals surface area (Å²) in [5.41, 5.74) is 6.40. The first-order chi connectivity index (χ1) is 24.9. The number of aromatic amines is 2. The molecule has 2 aliphatic rings. The predicted molar refractivity (Wildman–Crippen MR) is 179 cm³/mol. The minimum atomic E-state index is -5.53. The molecule has 0 amide bonds. The number of aromatic nitrogens is 6. The number of hydrogen-bond acceptors (Lipinski definition) is 19. The second kappa shape index (κ2) is 14.7. The minimum absolute atomic E-state index is 0.0439. The van der Waals surface area contributed by atoms with Gasteiger partial charge < -0.3 is 56.0 Å². The van der Waals surface area contributed by atoms with Gasteiger partial charge >= 0.3 is 27.0 Å². The summed E-state index contributed by atoms with van der Waals surface area (Å²) < 4.78 is 45.5. The number of nitrogens with two attached hydrogens (primary N) is 1. The summed E-state index contributed by atoms with van der Waals surface area (Å²) in [6.45, 7) is 0.937. The quantitative estimate of drug-likeness (QED) is 0.0359. The predicted octanol–water partition coefficient (Wildman–Crippen LogP) is -3.29. The van der Waals surface area contributed by atoms with Crippen molar-refractivity contribution in [1.29, 1.82) is 0 Å². The lowest BCUT2D eigenvalue weighted by molar-refractivity contribution is -0.657. The maximum Gasteiger partial charge on any atom is 0.481 e. The van der Waals surface area contributed by atoms with Crippen LogP contribution in [0.2, 0.25) is 0 Å². The van der Waals surface area contributed by atoms with Crippen molar-refractivity contribution in [1.82, 2.24) is 24.9 Å². The van der Waals surface area contributed by atoms with Gasteiger partial charge in [-0.1, -0.05) is 0 Å². The Bertz CT molecular complexity index is 2260. The fourth-order valence-corrected chi connectivity index (χ4v) is 7.90. The molecule has 26 heteroatoms. The molecular weight excluding hydrogens is 752 g/mol. The topological polar surface area (TPSA) is 362 Å². The number of benzene rings is 1. The van der Waals surface area contributed by atoms with Crippen LogP contribution in [0.3, 0.4) is 0 Å². The van der Waals surface area contributed by atoms with Crippen molar-refractivity contribution in [2.45, 2.75) is 63.2 Å². The lowest BCUT2D eigenvalue weighted by Gasteiger charge is -2.26. The summed E-state index contributed by atoms with van der Waals surface area (Å²) in [6, 6.07) is 3.33. The van der Waals surface area contributed by atoms with Gasteiger partial charge in [0.1, 0.15) is 60.7 Å². The fourth-order valence-electron chi connectivity index (χ4n) is 5.81. The summed E-state index contributed by atoms with van der Waals surface area (Å²) in [4.78, 5) is 63.0. The molecule has 1 saturated heterocycles. The summed E-state index contributed by atoms with van der Waals surface area (Å²) in [5.74, 6) is 0.368. The maximum atomic E-state index is 12.5. The SMILES string of the molecule is Cc1cc2nc3c(=O)[nH]c(=O)[nH]c3[n+](C[C@H](O)[C@H](O)[C@H](O)COP(=O)(O)OP(=O)(O)OC[C@H]3O[C@@H](N4CNc5c(N)ncnc54)[C@H](O)[C@@H]3O)c2cc1C. The van der Waals surface area contributed by atoms with E-state index in [4.69, 9.17) is 15.0 Å². The van der Waals surface area contributed by atoms with E-state index in [-0.39, 0.29) is 29.5 Å². The normalized spacial score (nSPS) is 24.1. The molecule has 0 saturated carbocycles. The maximum absolute atomic E-state index is 12.5. The number of phosphoric ester groups is 2. The second-order valence-electron chi connectivity index (χ2n) is 12.3. The number of hydrogen-bond donors (Lipinski definition) is 11. The standard InChI is InChI=1S/C27H35N9O15P2/c1-10-3-12-13(4-11(10)2)35(24-18(32-12)25(42)34-27(43)33-24)5-14(37)19(39)15(38)6-48-52(44,45)51-53(46,47)49-7-16-20(40)21(41)26(50-16)36-9-31-17-22(28)29-8-30-23(17)36/h3-4,8,14-16,19-21,26,37-41H,5-7,9H2,1-2H3,(H6,28,29,30,31,32,33,34,42,43,44,45,46,47)/p+1/t14-,15+,16+,19-,20+,21+,26+/m0/s1. The molecule has 12 N–H and O–H groups in total. The molecule has 288 valence electrons. The number of H-pyrrole nitrogens is 2. The summed E-state index contributed by atoms with van der Waals surface area (Å²) in [7, 11) is -11.0. The van der Waals surface area contributed by atoms with Crippen LogP contribution in [0.5, 0.6) is 0 Å². The molecule has 6 rings (SSSR count). The summed E-state index contributed by atoms with van der Waals surface area (Å²) >= 11 is 0. The highest BCUT2D eigenvalue weighted by molar-refractivity contribution is 7.61. The van der Waals surface area contributed by atoms with Gasteiger partial charge in [0.05, 0.1) is 19.9 Å². The number of fused-ring (bicyclic) bond motifs is 3. The lowest BCUT2D eigenvalue weighted by Crippen LogP contribution is -2.51. The number of aliphatic hydroxyl groups excluding tert-OH is 5. The molecule has 1 fully saturated rings. The molecule has 2 unspecified atom stereocenters. The third-order valence-corrected chi connectivity index (χ3v) is 11.3. The van der Waals surface area contributed by atoms with E-state index in [9.17, 15) is 54.0 Å². The molecule has 4 aromatic rings. The van der Waals surface area contributed by atoms with Crippen molar-refractivity contribution in [3.63, 3.8) is 0 Å². The zero-order valence-electron chi connectivity index (χ0n) is 27.7. The van der Waals surface area contributed by atoms with Crippen LogP contribution in [0.25, 0.3) is 22.2 Å². The van der Waals surface area contributed by atoms with E-state index < -0.39 is 89.5 Å². The third-order valence-electron chi connectivity index (χ3n) is 8.66. The molecule has 9 atom stereocenters. The number of aryl methyl sites for hydroxylation is 2. The third kappa shape index (κ3) is 7.95. The van der Waals surface area contributed by atoms with Gasteiger partial charge in [-0.25, -0.2) is 33.4 Å². The van der Waals surface area contributed by atoms with Crippen LogP contribution >= 0.6 is 15.6 Å². The molecule has 53 heavy (non-hydrogen) atoms. The van der Waals surface area contributed by atoms with E-state index in [0.717, 1.165) is 11.1 Å². The van der Waals surface area contributed by atoms with Gasteiger partial charge in [0, 0.05) is 0 Å². The zero-order chi connectivity index (χ0) is 38.6. The fraction of sp³-hybridized carbons (Fsp3) is 0.481. The van der Waals surface area contributed by atoms with Crippen LogP contribution in [0.1, 0.15) is 11.1 Å². The first kappa shape index (κ1) is 38.7. The number of rotatable bonds is 13. The van der Waals surface area contributed by atoms with Gasteiger partial charge in [-0.15, -0.1) is 0 Å². The van der Waals surface area contributed by atoms with Crippen molar-refractivity contribution in [2.75, 3.05) is 35.8 Å². The molecule has 0 spiro atoms. The molecule has 3 aromatic heterocycles. The molecule has 0 bridgehead atoms. The van der Waals surface area contributed by atoms with Gasteiger partial charge in [-0.2, -0.15) is 9.29 Å². The van der Waals surface area contributed by atoms with Crippen molar-refractivity contribution < 1.29 is 67.1 Å². The molecule has 1 aromatic carbocycles. The Morgan fingerprint density at radius 1 is 1.04 bits per heavy atom. The number of aliphatic hydroxyl groups is 5. The van der Waals surface area contributed by atoms with Crippen molar-refractivity contribution >= 4 is 55.2 Å². The largest absolute Gasteiger partial charge is 0.481 e. The van der Waals surface area contributed by atoms with Crippen molar-refractivity contribution in [3.8, 4) is 0 Å². The average Bonchev–Trinajstić information content (AvgIpc) is 3.63. The highest BCUT2D eigenvalue weighted by atomic mass is 31.3.